The molecule has 0 saturated carbocycles. The molecule has 0 aliphatic rings. The van der Waals surface area contributed by atoms with E-state index in [0.717, 1.165) is 27.6 Å². The molecular formula is C25H27FNO5P. The number of halogens is 1. The van der Waals surface area contributed by atoms with Crippen molar-refractivity contribution in [2.75, 3.05) is 19.4 Å². The number of fused-ring (bicyclic) bond motifs is 1. The van der Waals surface area contributed by atoms with Gasteiger partial charge < -0.3 is 9.63 Å². The fourth-order valence-corrected chi connectivity index (χ4v) is 5.73. The average Bonchev–Trinajstić information content (AvgIpc) is 2.76. The van der Waals surface area contributed by atoms with Gasteiger partial charge in [0.05, 0.1) is 17.4 Å². The fourth-order valence-electron chi connectivity index (χ4n) is 4.05. The second-order valence-electron chi connectivity index (χ2n) is 8.27. The van der Waals surface area contributed by atoms with E-state index in [4.69, 9.17) is 14.6 Å². The number of para-hydroxylation sites is 1. The van der Waals surface area contributed by atoms with E-state index in [9.17, 15) is 18.5 Å². The minimum Gasteiger partial charge on any atom is -0.481 e. The average molecular weight is 471 g/mol. The largest absolute Gasteiger partial charge is 0.481 e. The normalized spacial score (nSPS) is 13.2. The molecule has 0 bridgehead atoms. The number of carbonyl (C=O) groups is 2. The number of pyridine rings is 1. The molecule has 1 N–H and O–H groups in total. The molecule has 3 aromatic rings. The van der Waals surface area contributed by atoms with Crippen molar-refractivity contribution in [2.24, 2.45) is 0 Å². The summed E-state index contributed by atoms with van der Waals surface area (Å²) < 4.78 is 32.1. The van der Waals surface area contributed by atoms with Crippen LogP contribution in [0.4, 0.5) is 4.39 Å². The highest BCUT2D eigenvalue weighted by Crippen LogP contribution is 2.47. The Morgan fingerprint density at radius 2 is 1.79 bits per heavy atom. The van der Waals surface area contributed by atoms with Crippen LogP contribution in [0.15, 0.2) is 48.5 Å². The number of aromatic nitrogens is 1. The molecule has 6 nitrogen and oxygen atoms in total. The summed E-state index contributed by atoms with van der Waals surface area (Å²) in [5.74, 6) is -2.14. The number of rotatable bonds is 10. The van der Waals surface area contributed by atoms with Crippen molar-refractivity contribution in [3.63, 3.8) is 0 Å². The Bertz CT molecular complexity index is 1220. The molecule has 0 aliphatic carbocycles. The van der Waals surface area contributed by atoms with Gasteiger partial charge in [-0.15, -0.1) is 0 Å². The van der Waals surface area contributed by atoms with Crippen LogP contribution < -0.4 is 0 Å². The predicted molar refractivity (Wildman–Crippen MR) is 127 cm³/mol. The van der Waals surface area contributed by atoms with Crippen LogP contribution in [0.2, 0.25) is 0 Å². The van der Waals surface area contributed by atoms with Crippen molar-refractivity contribution in [1.82, 2.24) is 4.98 Å². The predicted octanol–water partition coefficient (Wildman–Crippen LogP) is 5.68. The van der Waals surface area contributed by atoms with Gasteiger partial charge >= 0.3 is 5.97 Å². The van der Waals surface area contributed by atoms with Crippen molar-refractivity contribution in [3.05, 3.63) is 65.5 Å². The highest BCUT2D eigenvalue weighted by atomic mass is 31.2. The first-order chi connectivity index (χ1) is 15.6. The van der Waals surface area contributed by atoms with E-state index in [1.54, 1.807) is 12.1 Å². The first-order valence-corrected chi connectivity index (χ1v) is 12.7. The molecule has 3 rings (SSSR count). The van der Waals surface area contributed by atoms with Crippen LogP contribution >= 0.6 is 7.37 Å². The minimum absolute atomic E-state index is 0.0583. The lowest BCUT2D eigenvalue weighted by Gasteiger charge is -2.22. The number of nitrogens with zero attached hydrogens (tertiary/aromatic N) is 1. The number of carbonyl (C=O) groups excluding carboxylic acids is 1. The molecule has 1 heterocycles. The molecule has 1 aromatic heterocycles. The number of aliphatic carboxylic acids is 1. The first-order valence-electron chi connectivity index (χ1n) is 10.7. The number of carboxylic acid groups (broad SMARTS) is 1. The zero-order valence-corrected chi connectivity index (χ0v) is 19.8. The highest BCUT2D eigenvalue weighted by molar-refractivity contribution is 7.59. The van der Waals surface area contributed by atoms with E-state index in [2.05, 4.69) is 13.8 Å². The number of benzene rings is 2. The summed E-state index contributed by atoms with van der Waals surface area (Å²) in [5.41, 5.74) is 4.10. The number of hydrogen-bond donors (Lipinski definition) is 1. The zero-order chi connectivity index (χ0) is 24.2. The van der Waals surface area contributed by atoms with Gasteiger partial charge in [-0.05, 0) is 53.8 Å². The maximum absolute atomic E-state index is 13.6. The molecule has 0 fully saturated rings. The molecule has 0 radical (unpaired) electrons. The van der Waals surface area contributed by atoms with Gasteiger partial charge in [0.1, 0.15) is 12.2 Å². The Morgan fingerprint density at radius 3 is 2.39 bits per heavy atom. The molecule has 2 aromatic carbocycles. The standard InChI is InChI=1S/C25H27FNO5P/c1-16(2)24-20-6-4-5-7-22(20)27-25(17-8-10-18(26)11-9-17)21(24)12-13-33(31,32-3)15-19(28)14-23(29)30/h4-11,16H,12-15H2,1-3H3,(H,29,30). The summed E-state index contributed by atoms with van der Waals surface area (Å²) >= 11 is 0. The van der Waals surface area contributed by atoms with Gasteiger partial charge in [0.15, 0.2) is 5.78 Å². The zero-order valence-electron chi connectivity index (χ0n) is 18.9. The van der Waals surface area contributed by atoms with Crippen LogP contribution in [0.5, 0.6) is 0 Å². The number of Topliss-reactive ketones (excluding diaryl/α,β-unsaturated/α-hetero) is 1. The molecule has 0 saturated heterocycles. The lowest BCUT2D eigenvalue weighted by Crippen LogP contribution is -2.14. The lowest BCUT2D eigenvalue weighted by molar-refractivity contribution is -0.139. The van der Waals surface area contributed by atoms with Crippen LogP contribution in [-0.4, -0.2) is 41.3 Å². The smallest absolute Gasteiger partial charge is 0.310 e. The quantitative estimate of drug-likeness (QED) is 0.302. The molecule has 33 heavy (non-hydrogen) atoms. The fraction of sp³-hybridized carbons (Fsp3) is 0.320. The van der Waals surface area contributed by atoms with E-state index in [1.165, 1.54) is 19.2 Å². The molecule has 1 atom stereocenters. The Labute approximate surface area is 192 Å². The maximum Gasteiger partial charge on any atom is 0.310 e. The van der Waals surface area contributed by atoms with Gasteiger partial charge in [-0.25, -0.2) is 9.37 Å². The van der Waals surface area contributed by atoms with Crippen LogP contribution in [0, 0.1) is 5.82 Å². The van der Waals surface area contributed by atoms with Gasteiger partial charge in [-0.3, -0.25) is 14.2 Å². The summed E-state index contributed by atoms with van der Waals surface area (Å²) in [5, 5.41) is 9.83. The molecule has 1 unspecified atom stereocenters. The number of carboxylic acids is 1. The first kappa shape index (κ1) is 24.7. The van der Waals surface area contributed by atoms with Crippen molar-refractivity contribution in [2.45, 2.75) is 32.6 Å². The molecule has 0 amide bonds. The summed E-state index contributed by atoms with van der Waals surface area (Å²) in [6.45, 7) is 4.12. The van der Waals surface area contributed by atoms with E-state index in [-0.39, 0.29) is 17.9 Å². The van der Waals surface area contributed by atoms with Gasteiger partial charge in [-0.1, -0.05) is 32.0 Å². The molecule has 174 valence electrons. The molecule has 0 spiro atoms. The highest BCUT2D eigenvalue weighted by Gasteiger charge is 2.28. The second-order valence-corrected chi connectivity index (χ2v) is 11.0. The molecule has 8 heteroatoms. The van der Waals surface area contributed by atoms with E-state index in [0.29, 0.717) is 12.1 Å². The van der Waals surface area contributed by atoms with Crippen LogP contribution in [0.3, 0.4) is 0 Å². The third kappa shape index (κ3) is 5.92. The van der Waals surface area contributed by atoms with E-state index in [1.807, 2.05) is 24.3 Å². The monoisotopic (exact) mass is 471 g/mol. The van der Waals surface area contributed by atoms with Gasteiger partial charge in [0, 0.05) is 24.2 Å². The van der Waals surface area contributed by atoms with Gasteiger partial charge in [-0.2, -0.15) is 0 Å². The Morgan fingerprint density at radius 1 is 1.12 bits per heavy atom. The van der Waals surface area contributed by atoms with Crippen LogP contribution in [0.1, 0.15) is 37.3 Å². The third-order valence-corrected chi connectivity index (χ3v) is 7.94. The SMILES string of the molecule is COP(=O)(CCc1c(-c2ccc(F)cc2)nc2ccccc2c1C(C)C)CC(=O)CC(=O)O. The molecular weight excluding hydrogens is 444 g/mol. The lowest BCUT2D eigenvalue weighted by atomic mass is 9.89. The van der Waals surface area contributed by atoms with Crippen LogP contribution in [-0.2, 0) is 25.1 Å². The minimum atomic E-state index is -3.41. The van der Waals surface area contributed by atoms with E-state index < -0.39 is 31.7 Å². The number of hydrogen-bond acceptors (Lipinski definition) is 5. The second kappa shape index (κ2) is 10.4. The summed E-state index contributed by atoms with van der Waals surface area (Å²) in [6.07, 6.45) is -0.755. The number of ketones is 1. The summed E-state index contributed by atoms with van der Waals surface area (Å²) in [4.78, 5) is 27.7. The maximum atomic E-state index is 13.6. The topological polar surface area (TPSA) is 93.6 Å². The van der Waals surface area contributed by atoms with Crippen molar-refractivity contribution in [1.29, 1.82) is 0 Å². The Kier molecular flexibility index (Phi) is 7.77. The van der Waals surface area contributed by atoms with Crippen LogP contribution in [0.25, 0.3) is 22.2 Å². The Balaban J connectivity index is 2.09. The van der Waals surface area contributed by atoms with Crippen molar-refractivity contribution >= 4 is 30.0 Å². The molecule has 0 aliphatic heterocycles. The van der Waals surface area contributed by atoms with E-state index >= 15 is 0 Å². The van der Waals surface area contributed by atoms with Crippen molar-refractivity contribution < 1.29 is 28.2 Å². The Hall–Kier alpha value is -2.89. The van der Waals surface area contributed by atoms with Crippen molar-refractivity contribution in [3.8, 4) is 11.3 Å². The summed E-state index contributed by atoms with van der Waals surface area (Å²) in [6, 6.07) is 13.8. The third-order valence-electron chi connectivity index (χ3n) is 5.53. The van der Waals surface area contributed by atoms with Gasteiger partial charge in [0.2, 0.25) is 7.37 Å². The van der Waals surface area contributed by atoms with Gasteiger partial charge in [0.25, 0.3) is 0 Å². The summed E-state index contributed by atoms with van der Waals surface area (Å²) in [7, 11) is -2.13.